The van der Waals surface area contributed by atoms with Crippen molar-refractivity contribution in [2.24, 2.45) is 0 Å². The van der Waals surface area contributed by atoms with Crippen LogP contribution in [0.1, 0.15) is 23.6 Å². The van der Waals surface area contributed by atoms with Gasteiger partial charge in [0.25, 0.3) is 5.91 Å². The molecule has 3 amide bonds. The lowest BCUT2D eigenvalue weighted by Crippen LogP contribution is -2.42. The average Bonchev–Trinajstić information content (AvgIpc) is 2.87. The van der Waals surface area contributed by atoms with Crippen molar-refractivity contribution in [3.63, 3.8) is 0 Å². The van der Waals surface area contributed by atoms with Crippen LogP contribution in [0.2, 0.25) is 0 Å². The van der Waals surface area contributed by atoms with E-state index in [2.05, 4.69) is 10.6 Å². The number of amides is 3. The number of nitrogens with one attached hydrogen (secondary N) is 2. The number of rotatable bonds is 5. The van der Waals surface area contributed by atoms with Gasteiger partial charge in [-0.25, -0.2) is 8.78 Å². The summed E-state index contributed by atoms with van der Waals surface area (Å²) in [6, 6.07) is 16.7. The van der Waals surface area contributed by atoms with E-state index in [4.69, 9.17) is 0 Å². The standard InChI is InChI=1S/C25H21F2N3O3/c1-30-21-9-5-4-7-19(21)18-6-2-3-8-20(18)24(25(30)33)29-23(32)13-22(31)28-14-15-10-16(26)12-17(27)11-15/h2-12,24H,13-14H2,1H3,(H,28,31)(H,29,32)/t24-/m0/s1. The Kier molecular flexibility index (Phi) is 6.17. The zero-order valence-corrected chi connectivity index (χ0v) is 17.8. The van der Waals surface area contributed by atoms with Crippen LogP contribution >= 0.6 is 0 Å². The molecule has 0 fully saturated rings. The Hall–Kier alpha value is -4.07. The molecular formula is C25H21F2N3O3. The molecule has 3 aromatic rings. The molecule has 168 valence electrons. The van der Waals surface area contributed by atoms with Gasteiger partial charge in [0.05, 0.1) is 5.69 Å². The number of hydrogen-bond acceptors (Lipinski definition) is 3. The smallest absolute Gasteiger partial charge is 0.253 e. The molecule has 6 nitrogen and oxygen atoms in total. The molecule has 4 rings (SSSR count). The number of hydrogen-bond donors (Lipinski definition) is 2. The minimum Gasteiger partial charge on any atom is -0.352 e. The summed E-state index contributed by atoms with van der Waals surface area (Å²) in [6.45, 7) is -0.135. The van der Waals surface area contributed by atoms with Gasteiger partial charge in [-0.3, -0.25) is 14.4 Å². The first-order valence-corrected chi connectivity index (χ1v) is 10.3. The van der Waals surface area contributed by atoms with E-state index in [1.165, 1.54) is 4.90 Å². The molecule has 0 aromatic heterocycles. The number of halogens is 2. The van der Waals surface area contributed by atoms with Crippen LogP contribution in [0.4, 0.5) is 14.5 Å². The third-order valence-corrected chi connectivity index (χ3v) is 5.44. The van der Waals surface area contributed by atoms with Gasteiger partial charge in [-0.2, -0.15) is 0 Å². The van der Waals surface area contributed by atoms with Gasteiger partial charge in [0.2, 0.25) is 11.8 Å². The summed E-state index contributed by atoms with van der Waals surface area (Å²) >= 11 is 0. The first kappa shape index (κ1) is 22.1. The Morgan fingerprint density at radius 1 is 0.909 bits per heavy atom. The number of carbonyl (C=O) groups excluding carboxylic acids is 3. The van der Waals surface area contributed by atoms with Crippen LogP contribution < -0.4 is 15.5 Å². The topological polar surface area (TPSA) is 78.5 Å². The molecule has 1 heterocycles. The van der Waals surface area contributed by atoms with Gasteiger partial charge in [-0.1, -0.05) is 42.5 Å². The van der Waals surface area contributed by atoms with Crippen molar-refractivity contribution in [3.8, 4) is 11.1 Å². The lowest BCUT2D eigenvalue weighted by molar-refractivity contribution is -0.132. The summed E-state index contributed by atoms with van der Waals surface area (Å²) in [7, 11) is 1.64. The van der Waals surface area contributed by atoms with Crippen LogP contribution in [0.3, 0.4) is 0 Å². The Bertz CT molecular complexity index is 1220. The highest BCUT2D eigenvalue weighted by atomic mass is 19.1. The number of benzene rings is 3. The van der Waals surface area contributed by atoms with Gasteiger partial charge in [-0.15, -0.1) is 0 Å². The van der Waals surface area contributed by atoms with E-state index in [-0.39, 0.29) is 18.0 Å². The van der Waals surface area contributed by atoms with E-state index in [9.17, 15) is 23.2 Å². The number of para-hydroxylation sites is 1. The molecule has 0 saturated heterocycles. The predicted molar refractivity (Wildman–Crippen MR) is 119 cm³/mol. The molecule has 2 N–H and O–H groups in total. The number of nitrogens with zero attached hydrogens (tertiary/aromatic N) is 1. The van der Waals surface area contributed by atoms with Crippen molar-refractivity contribution in [3.05, 3.63) is 89.5 Å². The largest absolute Gasteiger partial charge is 0.352 e. The molecule has 0 unspecified atom stereocenters. The van der Waals surface area contributed by atoms with Gasteiger partial charge < -0.3 is 15.5 Å². The van der Waals surface area contributed by atoms with Crippen molar-refractivity contribution < 1.29 is 23.2 Å². The van der Waals surface area contributed by atoms with Crippen molar-refractivity contribution in [1.29, 1.82) is 0 Å². The molecule has 1 atom stereocenters. The van der Waals surface area contributed by atoms with Crippen molar-refractivity contribution in [1.82, 2.24) is 10.6 Å². The Balaban J connectivity index is 1.48. The minimum atomic E-state index is -0.976. The number of anilines is 1. The van der Waals surface area contributed by atoms with Gasteiger partial charge in [0.15, 0.2) is 0 Å². The lowest BCUT2D eigenvalue weighted by Gasteiger charge is -2.22. The van der Waals surface area contributed by atoms with Gasteiger partial charge in [0, 0.05) is 25.2 Å². The van der Waals surface area contributed by atoms with E-state index in [0.29, 0.717) is 11.3 Å². The summed E-state index contributed by atoms with van der Waals surface area (Å²) in [6.07, 6.45) is -0.541. The maximum Gasteiger partial charge on any atom is 0.253 e. The monoisotopic (exact) mass is 449 g/mol. The van der Waals surface area contributed by atoms with Crippen LogP contribution in [0.5, 0.6) is 0 Å². The van der Waals surface area contributed by atoms with E-state index in [0.717, 1.165) is 29.3 Å². The molecule has 1 aliphatic heterocycles. The molecule has 0 spiro atoms. The zero-order chi connectivity index (χ0) is 23.5. The number of fused-ring (bicyclic) bond motifs is 3. The highest BCUT2D eigenvalue weighted by Gasteiger charge is 2.33. The van der Waals surface area contributed by atoms with Crippen molar-refractivity contribution in [2.75, 3.05) is 11.9 Å². The molecule has 1 aliphatic rings. The van der Waals surface area contributed by atoms with Crippen LogP contribution in [-0.2, 0) is 20.9 Å². The van der Waals surface area contributed by atoms with Crippen LogP contribution in [-0.4, -0.2) is 24.8 Å². The minimum absolute atomic E-state index is 0.135. The van der Waals surface area contributed by atoms with Gasteiger partial charge in [0.1, 0.15) is 24.1 Å². The lowest BCUT2D eigenvalue weighted by atomic mass is 9.95. The van der Waals surface area contributed by atoms with Crippen molar-refractivity contribution in [2.45, 2.75) is 19.0 Å². The fraction of sp³-hybridized carbons (Fsp3) is 0.160. The molecule has 0 saturated carbocycles. The second-order valence-corrected chi connectivity index (χ2v) is 7.73. The number of likely N-dealkylation sites (N-methyl/N-ethyl adjacent to an activating group) is 1. The normalized spacial score (nSPS) is 14.7. The third kappa shape index (κ3) is 4.74. The van der Waals surface area contributed by atoms with E-state index < -0.39 is 35.9 Å². The first-order chi connectivity index (χ1) is 15.8. The third-order valence-electron chi connectivity index (χ3n) is 5.44. The Labute approximate surface area is 189 Å². The highest BCUT2D eigenvalue weighted by molar-refractivity contribution is 6.07. The molecule has 8 heteroatoms. The quantitative estimate of drug-likeness (QED) is 0.586. The van der Waals surface area contributed by atoms with E-state index in [1.807, 2.05) is 36.4 Å². The number of carbonyl (C=O) groups is 3. The van der Waals surface area contributed by atoms with Gasteiger partial charge in [-0.05, 0) is 34.9 Å². The predicted octanol–water partition coefficient (Wildman–Crippen LogP) is 3.47. The fourth-order valence-electron chi connectivity index (χ4n) is 3.91. The zero-order valence-electron chi connectivity index (χ0n) is 17.8. The molecular weight excluding hydrogens is 428 g/mol. The maximum atomic E-state index is 13.3. The molecule has 33 heavy (non-hydrogen) atoms. The van der Waals surface area contributed by atoms with Crippen molar-refractivity contribution >= 4 is 23.4 Å². The summed E-state index contributed by atoms with van der Waals surface area (Å²) < 4.78 is 26.6. The van der Waals surface area contributed by atoms with Crippen LogP contribution in [0.15, 0.2) is 66.7 Å². The average molecular weight is 449 g/mol. The van der Waals surface area contributed by atoms with Gasteiger partial charge >= 0.3 is 0 Å². The SMILES string of the molecule is CN1C(=O)[C@@H](NC(=O)CC(=O)NCc2cc(F)cc(F)c2)c2ccccc2-c2ccccc21. The molecule has 0 aliphatic carbocycles. The van der Waals surface area contributed by atoms with Crippen LogP contribution in [0.25, 0.3) is 11.1 Å². The summed E-state index contributed by atoms with van der Waals surface area (Å²) in [5.74, 6) is -3.13. The molecule has 3 aromatic carbocycles. The first-order valence-electron chi connectivity index (χ1n) is 10.3. The second kappa shape index (κ2) is 9.20. The Morgan fingerprint density at radius 3 is 2.27 bits per heavy atom. The fourth-order valence-corrected chi connectivity index (χ4v) is 3.91. The molecule has 0 radical (unpaired) electrons. The summed E-state index contributed by atoms with van der Waals surface area (Å²) in [5, 5.41) is 5.13. The maximum absolute atomic E-state index is 13.3. The summed E-state index contributed by atoms with van der Waals surface area (Å²) in [4.78, 5) is 39.5. The second-order valence-electron chi connectivity index (χ2n) is 7.73. The van der Waals surface area contributed by atoms with E-state index in [1.54, 1.807) is 19.2 Å². The van der Waals surface area contributed by atoms with Crippen LogP contribution in [0, 0.1) is 11.6 Å². The Morgan fingerprint density at radius 2 is 1.55 bits per heavy atom. The summed E-state index contributed by atoms with van der Waals surface area (Å²) in [5.41, 5.74) is 3.25. The molecule has 0 bridgehead atoms. The van der Waals surface area contributed by atoms with E-state index >= 15 is 0 Å². The highest BCUT2D eigenvalue weighted by Crippen LogP contribution is 2.39.